The number of carbonyl (C=O) groups excluding carboxylic acids is 1. The van der Waals surface area contributed by atoms with Gasteiger partial charge in [0.15, 0.2) is 12.6 Å². The van der Waals surface area contributed by atoms with Gasteiger partial charge in [0.2, 0.25) is 0 Å². The first kappa shape index (κ1) is 42.4. The maximum atomic E-state index is 14.0. The van der Waals surface area contributed by atoms with E-state index in [0.29, 0.717) is 12.8 Å². The van der Waals surface area contributed by atoms with Crippen LogP contribution in [-0.2, 0) is 33.2 Å². The number of aliphatic hydroxyl groups excluding tert-OH is 3. The fourth-order valence-corrected chi connectivity index (χ4v) is 8.51. The molecule has 0 radical (unpaired) electrons. The Morgan fingerprint density at radius 3 is 2.12 bits per heavy atom. The van der Waals surface area contributed by atoms with Crippen LogP contribution in [0, 0.1) is 23.7 Å². The second kappa shape index (κ2) is 16.8. The van der Waals surface area contributed by atoms with Crippen LogP contribution >= 0.6 is 0 Å². The van der Waals surface area contributed by atoms with Gasteiger partial charge in [-0.15, -0.1) is 0 Å². The molecule has 3 aliphatic heterocycles. The number of carbonyl (C=O) groups is 1. The Kier molecular flexibility index (Phi) is 14.5. The van der Waals surface area contributed by atoms with Crippen LogP contribution in [0.4, 0.5) is 0 Å². The molecule has 3 aliphatic rings. The molecule has 3 rings (SSSR count). The largest absolute Gasteiger partial charge is 0.459 e. The maximum Gasteiger partial charge on any atom is 0.311 e. The molecule has 13 heteroatoms. The molecule has 3 heterocycles. The Hall–Kier alpha value is -0.970. The number of esters is 1. The lowest BCUT2D eigenvalue weighted by Gasteiger charge is -2.49. The first-order valence-electron chi connectivity index (χ1n) is 18.2. The summed E-state index contributed by atoms with van der Waals surface area (Å²) in [6, 6.07) is -0.316. The number of aliphatic hydroxyl groups is 5. The normalized spacial score (nSPS) is 51.1. The number of ether oxygens (including phenoxy) is 6. The van der Waals surface area contributed by atoms with Crippen LogP contribution in [0.3, 0.4) is 0 Å². The fraction of sp³-hybridized carbons (Fsp3) is 0.972. The minimum atomic E-state index is -1.75. The highest BCUT2D eigenvalue weighted by atomic mass is 16.7. The molecule has 0 amide bonds. The van der Waals surface area contributed by atoms with Gasteiger partial charge in [0.25, 0.3) is 0 Å². The van der Waals surface area contributed by atoms with Crippen molar-refractivity contribution < 1.29 is 58.7 Å². The van der Waals surface area contributed by atoms with E-state index in [2.05, 4.69) is 5.32 Å². The third kappa shape index (κ3) is 9.53. The SMILES string of the molecule is CC[C@H]1OC(=O)[C@H](C)[C@@H](O[C@H]2C[C@](C)(OC)[C@@H](O)[C@H](C)O2)[C@H](C)[C@@H](O[C@@H]2O[C@H](C)C[C@H](NC)[C@H]2O)[C@](C)(O)C[C@@H](C)C[C@H](C)[C@@H](O)[C@]1(C)O. The highest BCUT2D eigenvalue weighted by Crippen LogP contribution is 2.41. The molecule has 0 aromatic carbocycles. The molecule has 0 aromatic rings. The summed E-state index contributed by atoms with van der Waals surface area (Å²) in [4.78, 5) is 14.0. The van der Waals surface area contributed by atoms with Crippen molar-refractivity contribution in [2.45, 2.75) is 186 Å². The number of rotatable bonds is 7. The van der Waals surface area contributed by atoms with E-state index in [-0.39, 0.29) is 37.3 Å². The maximum absolute atomic E-state index is 14.0. The van der Waals surface area contributed by atoms with E-state index in [1.165, 1.54) is 14.0 Å². The van der Waals surface area contributed by atoms with E-state index < -0.39 is 95.8 Å². The van der Waals surface area contributed by atoms with E-state index in [4.69, 9.17) is 28.4 Å². The van der Waals surface area contributed by atoms with Gasteiger partial charge >= 0.3 is 5.97 Å². The standard InChI is InChI=1S/C36H67NO12/c1-13-25-36(10,43)29(39)19(3)14-18(2)16-34(8,42)31(49-33-27(38)24(37-11)15-20(4)45-33)21(5)28(22(6)32(41)47-25)48-26-17-35(9,44-12)30(40)23(7)46-26/h18-31,33,37-40,42-43H,13-17H2,1-12H3/t18-,19-,20+,21-,22+,23-,24-,25+,26-,27+,28-,29+,30-,31+,33-,34+,35-,36+/m0/s1. The first-order chi connectivity index (χ1) is 22.6. The van der Waals surface area contributed by atoms with Gasteiger partial charge in [0.05, 0.1) is 47.6 Å². The number of nitrogens with one attached hydrogen (secondary N) is 1. The molecule has 0 aromatic heterocycles. The van der Waals surface area contributed by atoms with Gasteiger partial charge in [0, 0.05) is 25.5 Å². The second-order valence-corrected chi connectivity index (χ2v) is 16.1. The zero-order valence-electron chi connectivity index (χ0n) is 31.8. The van der Waals surface area contributed by atoms with Crippen molar-refractivity contribution in [2.24, 2.45) is 23.7 Å². The molecule has 18 atom stereocenters. The van der Waals surface area contributed by atoms with Crippen LogP contribution in [0.25, 0.3) is 0 Å². The summed E-state index contributed by atoms with van der Waals surface area (Å²) >= 11 is 0. The molecule has 288 valence electrons. The van der Waals surface area contributed by atoms with E-state index in [1.807, 2.05) is 27.7 Å². The summed E-state index contributed by atoms with van der Waals surface area (Å²) in [5.74, 6) is -2.94. The van der Waals surface area contributed by atoms with Crippen molar-refractivity contribution in [3.63, 3.8) is 0 Å². The monoisotopic (exact) mass is 705 g/mol. The van der Waals surface area contributed by atoms with Gasteiger partial charge in [-0.25, -0.2) is 0 Å². The second-order valence-electron chi connectivity index (χ2n) is 16.1. The summed E-state index contributed by atoms with van der Waals surface area (Å²) in [7, 11) is 3.26. The van der Waals surface area contributed by atoms with E-state index in [9.17, 15) is 30.3 Å². The quantitative estimate of drug-likeness (QED) is 0.212. The molecule has 3 saturated heterocycles. The van der Waals surface area contributed by atoms with Gasteiger partial charge in [-0.3, -0.25) is 4.79 Å². The van der Waals surface area contributed by atoms with Crippen molar-refractivity contribution in [1.29, 1.82) is 0 Å². The summed E-state index contributed by atoms with van der Waals surface area (Å²) in [6.07, 6.45) is -7.58. The van der Waals surface area contributed by atoms with Crippen molar-refractivity contribution in [1.82, 2.24) is 5.32 Å². The van der Waals surface area contributed by atoms with Crippen molar-refractivity contribution >= 4 is 5.97 Å². The minimum Gasteiger partial charge on any atom is -0.459 e. The molecule has 0 spiro atoms. The van der Waals surface area contributed by atoms with Gasteiger partial charge in [-0.1, -0.05) is 27.7 Å². The van der Waals surface area contributed by atoms with E-state index in [0.717, 1.165) is 0 Å². The molecule has 0 bridgehead atoms. The average Bonchev–Trinajstić information content (AvgIpc) is 3.02. The van der Waals surface area contributed by atoms with Gasteiger partial charge in [-0.05, 0) is 86.1 Å². The van der Waals surface area contributed by atoms with Crippen LogP contribution in [0.15, 0.2) is 0 Å². The summed E-state index contributed by atoms with van der Waals surface area (Å²) in [6.45, 7) is 17.5. The van der Waals surface area contributed by atoms with Crippen molar-refractivity contribution in [3.8, 4) is 0 Å². The zero-order valence-corrected chi connectivity index (χ0v) is 31.8. The molecular weight excluding hydrogens is 638 g/mol. The first-order valence-corrected chi connectivity index (χ1v) is 18.2. The van der Waals surface area contributed by atoms with Crippen molar-refractivity contribution in [2.75, 3.05) is 14.2 Å². The number of likely N-dealkylation sites (N-methyl/N-ethyl adjacent to an activating group) is 1. The molecule has 49 heavy (non-hydrogen) atoms. The van der Waals surface area contributed by atoms with Crippen molar-refractivity contribution in [3.05, 3.63) is 0 Å². The van der Waals surface area contributed by atoms with E-state index in [1.54, 1.807) is 41.7 Å². The van der Waals surface area contributed by atoms with Crippen LogP contribution < -0.4 is 5.32 Å². The van der Waals surface area contributed by atoms with Crippen LogP contribution in [0.1, 0.15) is 101 Å². The molecular formula is C36H67NO12. The number of cyclic esters (lactones) is 1. The molecule has 6 N–H and O–H groups in total. The van der Waals surface area contributed by atoms with Gasteiger partial charge in [-0.2, -0.15) is 0 Å². The number of hydrogen-bond acceptors (Lipinski definition) is 13. The molecule has 0 aliphatic carbocycles. The predicted molar refractivity (Wildman–Crippen MR) is 181 cm³/mol. The Labute approximate surface area is 293 Å². The Morgan fingerprint density at radius 2 is 1.55 bits per heavy atom. The summed E-state index contributed by atoms with van der Waals surface area (Å²) in [5, 5.41) is 60.6. The lowest BCUT2D eigenvalue weighted by atomic mass is 9.74. The topological polar surface area (TPSA) is 186 Å². The predicted octanol–water partition coefficient (Wildman–Crippen LogP) is 2.26. The Balaban J connectivity index is 2.14. The molecule has 3 fully saturated rings. The van der Waals surface area contributed by atoms with Crippen LogP contribution in [0.5, 0.6) is 0 Å². The summed E-state index contributed by atoms with van der Waals surface area (Å²) < 4.78 is 37.2. The van der Waals surface area contributed by atoms with Gasteiger partial charge < -0.3 is 59.3 Å². The van der Waals surface area contributed by atoms with E-state index >= 15 is 0 Å². The molecule has 13 nitrogen and oxygen atoms in total. The van der Waals surface area contributed by atoms with Gasteiger partial charge in [0.1, 0.15) is 23.9 Å². The lowest BCUT2D eigenvalue weighted by Crippen LogP contribution is -2.60. The fourth-order valence-electron chi connectivity index (χ4n) is 8.51. The highest BCUT2D eigenvalue weighted by Gasteiger charge is 2.52. The average molecular weight is 706 g/mol. The smallest absolute Gasteiger partial charge is 0.311 e. The molecule has 0 saturated carbocycles. The minimum absolute atomic E-state index is 0.140. The number of methoxy groups -OCH3 is 1. The summed E-state index contributed by atoms with van der Waals surface area (Å²) in [5.41, 5.74) is -4.31. The van der Waals surface area contributed by atoms with Crippen LogP contribution in [0.2, 0.25) is 0 Å². The highest BCUT2D eigenvalue weighted by molar-refractivity contribution is 5.73. The zero-order chi connectivity index (χ0) is 37.2. The Morgan fingerprint density at radius 1 is 0.918 bits per heavy atom. The Bertz CT molecular complexity index is 1060. The lowest BCUT2D eigenvalue weighted by molar-refractivity contribution is -0.316. The molecule has 0 unspecified atom stereocenters. The number of hydrogen-bond donors (Lipinski definition) is 6. The third-order valence-corrected chi connectivity index (χ3v) is 11.5. The van der Waals surface area contributed by atoms with Crippen LogP contribution in [-0.4, -0.2) is 130 Å². The third-order valence-electron chi connectivity index (χ3n) is 11.5.